The van der Waals surface area contributed by atoms with Crippen LogP contribution in [0.15, 0.2) is 30.2 Å². The number of methoxy groups -OCH3 is 1. The molecule has 0 unspecified atom stereocenters. The first kappa shape index (κ1) is 20.7. The fourth-order valence-electron chi connectivity index (χ4n) is 4.42. The van der Waals surface area contributed by atoms with Gasteiger partial charge in [-0.2, -0.15) is 15.1 Å². The lowest BCUT2D eigenvalue weighted by molar-refractivity contribution is 0.122. The monoisotopic (exact) mass is 436 g/mol. The minimum absolute atomic E-state index is 0.302. The lowest BCUT2D eigenvalue weighted by Gasteiger charge is -2.28. The summed E-state index contributed by atoms with van der Waals surface area (Å²) in [6.45, 7) is 6.44. The molecule has 0 amide bonds. The van der Waals surface area contributed by atoms with Gasteiger partial charge in [0.25, 0.3) is 0 Å². The molecule has 5 rings (SSSR count). The van der Waals surface area contributed by atoms with Crippen molar-refractivity contribution in [1.82, 2.24) is 24.6 Å². The van der Waals surface area contributed by atoms with E-state index in [1.807, 2.05) is 24.0 Å². The Hall–Kier alpha value is -3.17. The standard InChI is InChI=1S/C23H28N6O3/c1-15-10-16-13-24-29(19(16)11-18(15)17-4-5-27(2)14-20(17)30)22-12-21(25-23(26-22)31-3)28-6-8-32-9-7-28/h10-13,30H,4-9,14H2,1-3H3. The van der Waals surface area contributed by atoms with Crippen LogP contribution in [0.2, 0.25) is 0 Å². The van der Waals surface area contributed by atoms with Gasteiger partial charge in [-0.15, -0.1) is 0 Å². The van der Waals surface area contributed by atoms with Crippen molar-refractivity contribution < 1.29 is 14.6 Å². The number of aliphatic hydroxyl groups excluding tert-OH is 1. The molecule has 168 valence electrons. The summed E-state index contributed by atoms with van der Waals surface area (Å²) in [5.41, 5.74) is 4.11. The van der Waals surface area contributed by atoms with Gasteiger partial charge in [-0.05, 0) is 49.2 Å². The largest absolute Gasteiger partial charge is 0.511 e. The second kappa shape index (κ2) is 8.40. The zero-order valence-corrected chi connectivity index (χ0v) is 18.7. The van der Waals surface area contributed by atoms with Gasteiger partial charge in [-0.3, -0.25) is 4.90 Å². The Bertz CT molecular complexity index is 1180. The number of likely N-dealkylation sites (N-methyl/N-ethyl adjacent to an activating group) is 1. The number of anilines is 1. The van der Waals surface area contributed by atoms with Gasteiger partial charge < -0.3 is 19.5 Å². The summed E-state index contributed by atoms with van der Waals surface area (Å²) in [6.07, 6.45) is 2.66. The van der Waals surface area contributed by atoms with Crippen LogP contribution in [0.5, 0.6) is 6.01 Å². The van der Waals surface area contributed by atoms with Gasteiger partial charge in [0.15, 0.2) is 5.82 Å². The van der Waals surface area contributed by atoms with Crippen molar-refractivity contribution in [2.75, 3.05) is 58.5 Å². The number of morpholine rings is 1. The SMILES string of the molecule is COc1nc(N2CCOCC2)cc(-n2ncc3cc(C)c(C4=C(O)CN(C)CC4)cc32)n1. The molecule has 0 bridgehead atoms. The highest BCUT2D eigenvalue weighted by Crippen LogP contribution is 2.32. The summed E-state index contributed by atoms with van der Waals surface area (Å²) < 4.78 is 12.7. The highest BCUT2D eigenvalue weighted by molar-refractivity contribution is 5.86. The molecular weight excluding hydrogens is 408 g/mol. The Labute approximate surface area is 186 Å². The Kier molecular flexibility index (Phi) is 5.44. The van der Waals surface area contributed by atoms with E-state index in [-0.39, 0.29) is 0 Å². The van der Waals surface area contributed by atoms with Gasteiger partial charge >= 0.3 is 6.01 Å². The zero-order chi connectivity index (χ0) is 22.2. The number of aromatic nitrogens is 4. The third-order valence-corrected chi connectivity index (χ3v) is 6.16. The van der Waals surface area contributed by atoms with Crippen LogP contribution < -0.4 is 9.64 Å². The number of fused-ring (bicyclic) bond motifs is 1. The van der Waals surface area contributed by atoms with Crippen LogP contribution in [0.3, 0.4) is 0 Å². The second-order valence-corrected chi connectivity index (χ2v) is 8.37. The van der Waals surface area contributed by atoms with E-state index in [1.165, 1.54) is 0 Å². The number of aryl methyl sites for hydroxylation is 1. The molecule has 1 N–H and O–H groups in total. The molecule has 4 heterocycles. The summed E-state index contributed by atoms with van der Waals surface area (Å²) in [5.74, 6) is 1.87. The van der Waals surface area contributed by atoms with E-state index in [0.717, 1.165) is 59.5 Å². The molecule has 9 heteroatoms. The van der Waals surface area contributed by atoms with Gasteiger partial charge in [0.2, 0.25) is 0 Å². The maximum absolute atomic E-state index is 10.6. The molecule has 9 nitrogen and oxygen atoms in total. The van der Waals surface area contributed by atoms with Crippen molar-refractivity contribution in [2.45, 2.75) is 13.3 Å². The Morgan fingerprint density at radius 3 is 2.59 bits per heavy atom. The van der Waals surface area contributed by atoms with Crippen LogP contribution in [0.25, 0.3) is 22.3 Å². The Balaban J connectivity index is 1.61. The van der Waals surface area contributed by atoms with Crippen molar-refractivity contribution in [3.05, 3.63) is 41.3 Å². The molecule has 2 aliphatic heterocycles. The minimum atomic E-state index is 0.302. The Morgan fingerprint density at radius 2 is 1.84 bits per heavy atom. The van der Waals surface area contributed by atoms with Crippen molar-refractivity contribution in [3.8, 4) is 11.8 Å². The number of nitrogens with zero attached hydrogens (tertiary/aromatic N) is 6. The summed E-state index contributed by atoms with van der Waals surface area (Å²) in [6, 6.07) is 6.47. The smallest absolute Gasteiger partial charge is 0.320 e. The number of rotatable bonds is 4. The molecule has 0 saturated carbocycles. The number of aliphatic hydroxyl groups is 1. The first-order valence-corrected chi connectivity index (χ1v) is 10.9. The molecule has 0 radical (unpaired) electrons. The van der Waals surface area contributed by atoms with E-state index < -0.39 is 0 Å². The van der Waals surface area contributed by atoms with E-state index in [1.54, 1.807) is 7.11 Å². The van der Waals surface area contributed by atoms with E-state index in [4.69, 9.17) is 9.47 Å². The van der Waals surface area contributed by atoms with Crippen LogP contribution >= 0.6 is 0 Å². The van der Waals surface area contributed by atoms with Crippen molar-refractivity contribution in [1.29, 1.82) is 0 Å². The number of hydrogen-bond donors (Lipinski definition) is 1. The van der Waals surface area contributed by atoms with E-state index >= 15 is 0 Å². The van der Waals surface area contributed by atoms with Gasteiger partial charge in [-0.1, -0.05) is 0 Å². The fourth-order valence-corrected chi connectivity index (χ4v) is 4.42. The van der Waals surface area contributed by atoms with Crippen molar-refractivity contribution >= 4 is 22.3 Å². The van der Waals surface area contributed by atoms with Gasteiger partial charge in [0.05, 0.1) is 38.6 Å². The molecule has 0 atom stereocenters. The van der Waals surface area contributed by atoms with Crippen LogP contribution in [0.1, 0.15) is 17.5 Å². The number of benzene rings is 1. The minimum Gasteiger partial charge on any atom is -0.511 e. The topological polar surface area (TPSA) is 88.8 Å². The molecule has 2 aromatic heterocycles. The molecule has 1 saturated heterocycles. The highest BCUT2D eigenvalue weighted by Gasteiger charge is 2.21. The van der Waals surface area contributed by atoms with Crippen LogP contribution in [0.4, 0.5) is 5.82 Å². The number of ether oxygens (including phenoxy) is 2. The summed E-state index contributed by atoms with van der Waals surface area (Å²) in [5, 5.41) is 16.3. The first-order chi connectivity index (χ1) is 15.5. The maximum Gasteiger partial charge on any atom is 0.320 e. The molecule has 1 aromatic carbocycles. The lowest BCUT2D eigenvalue weighted by Crippen LogP contribution is -2.36. The molecular formula is C23H28N6O3. The molecule has 1 fully saturated rings. The molecule has 0 spiro atoms. The zero-order valence-electron chi connectivity index (χ0n) is 18.7. The van der Waals surface area contributed by atoms with E-state index in [2.05, 4.69) is 43.9 Å². The van der Waals surface area contributed by atoms with Gasteiger partial charge in [0, 0.05) is 31.1 Å². The average Bonchev–Trinajstić information content (AvgIpc) is 3.21. The fraction of sp³-hybridized carbons (Fsp3) is 0.435. The van der Waals surface area contributed by atoms with E-state index in [0.29, 0.717) is 37.3 Å². The Morgan fingerprint density at radius 1 is 1.06 bits per heavy atom. The molecule has 2 aliphatic rings. The molecule has 3 aromatic rings. The van der Waals surface area contributed by atoms with Crippen LogP contribution in [-0.4, -0.2) is 83.3 Å². The predicted molar refractivity (Wildman–Crippen MR) is 123 cm³/mol. The van der Waals surface area contributed by atoms with Crippen LogP contribution in [0, 0.1) is 6.92 Å². The van der Waals surface area contributed by atoms with Gasteiger partial charge in [0.1, 0.15) is 11.6 Å². The molecule has 0 aliphatic carbocycles. The lowest BCUT2D eigenvalue weighted by atomic mass is 9.93. The highest BCUT2D eigenvalue weighted by atomic mass is 16.5. The van der Waals surface area contributed by atoms with Crippen LogP contribution in [-0.2, 0) is 4.74 Å². The first-order valence-electron chi connectivity index (χ1n) is 10.9. The third-order valence-electron chi connectivity index (χ3n) is 6.16. The average molecular weight is 437 g/mol. The molecule has 32 heavy (non-hydrogen) atoms. The quantitative estimate of drug-likeness (QED) is 0.668. The van der Waals surface area contributed by atoms with Crippen molar-refractivity contribution in [3.63, 3.8) is 0 Å². The second-order valence-electron chi connectivity index (χ2n) is 8.37. The van der Waals surface area contributed by atoms with Crippen molar-refractivity contribution in [2.24, 2.45) is 0 Å². The summed E-state index contributed by atoms with van der Waals surface area (Å²) in [7, 11) is 3.59. The summed E-state index contributed by atoms with van der Waals surface area (Å²) in [4.78, 5) is 13.4. The predicted octanol–water partition coefficient (Wildman–Crippen LogP) is 2.57. The maximum atomic E-state index is 10.6. The van der Waals surface area contributed by atoms with Gasteiger partial charge in [-0.25, -0.2) is 4.68 Å². The summed E-state index contributed by atoms with van der Waals surface area (Å²) >= 11 is 0. The number of hydrogen-bond acceptors (Lipinski definition) is 8. The third kappa shape index (κ3) is 3.78. The van der Waals surface area contributed by atoms with E-state index in [9.17, 15) is 5.11 Å². The normalized spacial score (nSPS) is 17.9.